The van der Waals surface area contributed by atoms with Crippen molar-refractivity contribution in [1.29, 1.82) is 0 Å². The van der Waals surface area contributed by atoms with Crippen molar-refractivity contribution in [2.24, 2.45) is 0 Å². The third kappa shape index (κ3) is 4.67. The first-order chi connectivity index (χ1) is 9.15. The Kier molecular flexibility index (Phi) is 5.48. The molecule has 0 N–H and O–H groups in total. The molecule has 2 rings (SSSR count). The predicted octanol–water partition coefficient (Wildman–Crippen LogP) is 3.20. The van der Waals surface area contributed by atoms with Crippen LogP contribution in [0.15, 0.2) is 22.7 Å². The summed E-state index contributed by atoms with van der Waals surface area (Å²) in [6.45, 7) is 0.873. The largest absolute Gasteiger partial charge is 0.480 e. The quantitative estimate of drug-likeness (QED) is 0.766. The summed E-state index contributed by atoms with van der Waals surface area (Å²) in [5.41, 5.74) is 0. The number of halogens is 2. The highest BCUT2D eigenvalue weighted by Gasteiger charge is 2.17. The maximum atomic E-state index is 11.5. The van der Waals surface area contributed by atoms with Crippen LogP contribution in [0.1, 0.15) is 12.8 Å². The number of hydrogen-bond donors (Lipinski definition) is 0. The summed E-state index contributed by atoms with van der Waals surface area (Å²) in [6.07, 6.45) is 1.99. The van der Waals surface area contributed by atoms with Crippen LogP contribution < -0.4 is 4.74 Å². The summed E-state index contributed by atoms with van der Waals surface area (Å²) in [7, 11) is 0. The van der Waals surface area contributed by atoms with Crippen molar-refractivity contribution in [3.05, 3.63) is 27.7 Å². The summed E-state index contributed by atoms with van der Waals surface area (Å²) in [5.74, 6) is 0.0356. The molecule has 1 aliphatic rings. The number of benzene rings is 1. The van der Waals surface area contributed by atoms with Crippen molar-refractivity contribution >= 4 is 33.5 Å². The summed E-state index contributed by atoms with van der Waals surface area (Å²) in [5, 5.41) is 0.446. The van der Waals surface area contributed by atoms with Crippen LogP contribution in [0.3, 0.4) is 0 Å². The maximum absolute atomic E-state index is 11.5. The van der Waals surface area contributed by atoms with Gasteiger partial charge in [-0.1, -0.05) is 27.5 Å². The molecule has 0 aliphatic carbocycles. The average Bonchev–Trinajstić information content (AvgIpc) is 2.88. The van der Waals surface area contributed by atoms with E-state index in [0.717, 1.165) is 23.9 Å². The molecular formula is C13H14BrClO4. The van der Waals surface area contributed by atoms with E-state index in [9.17, 15) is 4.79 Å². The van der Waals surface area contributed by atoms with Gasteiger partial charge in [-0.15, -0.1) is 0 Å². The first-order valence-corrected chi connectivity index (χ1v) is 7.17. The molecule has 104 valence electrons. The molecule has 1 aromatic carbocycles. The lowest BCUT2D eigenvalue weighted by Crippen LogP contribution is -2.21. The Labute approximate surface area is 125 Å². The Morgan fingerprint density at radius 3 is 3.05 bits per heavy atom. The van der Waals surface area contributed by atoms with Gasteiger partial charge in [0.25, 0.3) is 0 Å². The number of esters is 1. The molecule has 1 atom stereocenters. The van der Waals surface area contributed by atoms with E-state index < -0.39 is 5.97 Å². The van der Waals surface area contributed by atoms with Gasteiger partial charge in [0.1, 0.15) is 12.4 Å². The van der Waals surface area contributed by atoms with Gasteiger partial charge in [0.2, 0.25) is 0 Å². The molecule has 1 unspecified atom stereocenters. The zero-order valence-corrected chi connectivity index (χ0v) is 12.6. The topological polar surface area (TPSA) is 44.8 Å². The lowest BCUT2D eigenvalue weighted by molar-refractivity contribution is -0.149. The van der Waals surface area contributed by atoms with Crippen LogP contribution in [0, 0.1) is 0 Å². The molecule has 19 heavy (non-hydrogen) atoms. The van der Waals surface area contributed by atoms with E-state index in [4.69, 9.17) is 25.8 Å². The molecule has 0 spiro atoms. The van der Waals surface area contributed by atoms with Crippen LogP contribution in [-0.2, 0) is 14.3 Å². The molecule has 0 aromatic heterocycles. The fourth-order valence-electron chi connectivity index (χ4n) is 1.73. The zero-order chi connectivity index (χ0) is 13.7. The third-order valence-electron chi connectivity index (χ3n) is 2.69. The fraction of sp³-hybridized carbons (Fsp3) is 0.462. The number of rotatable bonds is 5. The highest BCUT2D eigenvalue weighted by molar-refractivity contribution is 9.10. The summed E-state index contributed by atoms with van der Waals surface area (Å²) in [4.78, 5) is 11.5. The standard InChI is InChI=1S/C13H14BrClO4/c14-9-3-4-12(11(15)6-9)18-8-13(16)19-7-10-2-1-5-17-10/h3-4,6,10H,1-2,5,7-8H2. The summed E-state index contributed by atoms with van der Waals surface area (Å²) in [6, 6.07) is 5.19. The Hall–Kier alpha value is -0.780. The number of hydrogen-bond acceptors (Lipinski definition) is 4. The molecule has 1 fully saturated rings. The summed E-state index contributed by atoms with van der Waals surface area (Å²) < 4.78 is 16.6. The molecule has 1 saturated heterocycles. The Bertz CT molecular complexity index is 446. The van der Waals surface area contributed by atoms with Gasteiger partial charge in [-0.05, 0) is 31.0 Å². The van der Waals surface area contributed by atoms with Crippen LogP contribution in [0.4, 0.5) is 0 Å². The molecule has 4 nitrogen and oxygen atoms in total. The minimum Gasteiger partial charge on any atom is -0.480 e. The first-order valence-electron chi connectivity index (χ1n) is 6.00. The Morgan fingerprint density at radius 1 is 1.53 bits per heavy atom. The molecule has 6 heteroatoms. The molecular weight excluding hydrogens is 335 g/mol. The van der Waals surface area contributed by atoms with Gasteiger partial charge in [-0.25, -0.2) is 4.79 Å². The molecule has 1 aromatic rings. The molecule has 0 saturated carbocycles. The van der Waals surface area contributed by atoms with E-state index in [2.05, 4.69) is 15.9 Å². The smallest absolute Gasteiger partial charge is 0.344 e. The van der Waals surface area contributed by atoms with Crippen molar-refractivity contribution in [2.45, 2.75) is 18.9 Å². The van der Waals surface area contributed by atoms with Gasteiger partial charge < -0.3 is 14.2 Å². The molecule has 0 amide bonds. The Balaban J connectivity index is 1.73. The van der Waals surface area contributed by atoms with Gasteiger partial charge in [0, 0.05) is 11.1 Å². The van der Waals surface area contributed by atoms with Gasteiger partial charge >= 0.3 is 5.97 Å². The lowest BCUT2D eigenvalue weighted by atomic mass is 10.2. The average molecular weight is 350 g/mol. The van der Waals surface area contributed by atoms with E-state index in [1.807, 2.05) is 0 Å². The highest BCUT2D eigenvalue weighted by atomic mass is 79.9. The molecule has 0 bridgehead atoms. The van der Waals surface area contributed by atoms with Crippen molar-refractivity contribution in [2.75, 3.05) is 19.8 Å². The second kappa shape index (κ2) is 7.12. The van der Waals surface area contributed by atoms with Crippen LogP contribution in [0.2, 0.25) is 5.02 Å². The normalized spacial score (nSPS) is 18.3. The van der Waals surface area contributed by atoms with Crippen molar-refractivity contribution < 1.29 is 19.0 Å². The minimum atomic E-state index is -0.422. The molecule has 1 heterocycles. The number of carbonyl (C=O) groups is 1. The van der Waals surface area contributed by atoms with Crippen LogP contribution in [0.5, 0.6) is 5.75 Å². The lowest BCUT2D eigenvalue weighted by Gasteiger charge is -2.11. The first kappa shape index (κ1) is 14.6. The van der Waals surface area contributed by atoms with E-state index in [0.29, 0.717) is 10.8 Å². The minimum absolute atomic E-state index is 0.0280. The summed E-state index contributed by atoms with van der Waals surface area (Å²) >= 11 is 9.26. The second-order valence-electron chi connectivity index (χ2n) is 4.18. The number of ether oxygens (including phenoxy) is 3. The van der Waals surface area contributed by atoms with Crippen LogP contribution in [0.25, 0.3) is 0 Å². The van der Waals surface area contributed by atoms with Crippen molar-refractivity contribution in [1.82, 2.24) is 0 Å². The third-order valence-corrected chi connectivity index (χ3v) is 3.48. The second-order valence-corrected chi connectivity index (χ2v) is 5.50. The van der Waals surface area contributed by atoms with Crippen LogP contribution >= 0.6 is 27.5 Å². The van der Waals surface area contributed by atoms with Gasteiger partial charge in [-0.2, -0.15) is 0 Å². The van der Waals surface area contributed by atoms with Crippen molar-refractivity contribution in [3.8, 4) is 5.75 Å². The van der Waals surface area contributed by atoms with E-state index >= 15 is 0 Å². The zero-order valence-electron chi connectivity index (χ0n) is 10.2. The SMILES string of the molecule is O=C(COc1ccc(Br)cc1Cl)OCC1CCCO1. The molecule has 1 aliphatic heterocycles. The monoisotopic (exact) mass is 348 g/mol. The van der Waals surface area contributed by atoms with Gasteiger partial charge in [0.15, 0.2) is 6.61 Å². The van der Waals surface area contributed by atoms with Crippen molar-refractivity contribution in [3.63, 3.8) is 0 Å². The van der Waals surface area contributed by atoms with E-state index in [1.54, 1.807) is 18.2 Å². The van der Waals surface area contributed by atoms with Gasteiger partial charge in [0.05, 0.1) is 11.1 Å². The maximum Gasteiger partial charge on any atom is 0.344 e. The Morgan fingerprint density at radius 2 is 2.37 bits per heavy atom. The van der Waals surface area contributed by atoms with E-state index in [1.165, 1.54) is 0 Å². The highest BCUT2D eigenvalue weighted by Crippen LogP contribution is 2.27. The van der Waals surface area contributed by atoms with Crippen LogP contribution in [-0.4, -0.2) is 31.9 Å². The molecule has 0 radical (unpaired) electrons. The number of carbonyl (C=O) groups excluding carboxylic acids is 1. The van der Waals surface area contributed by atoms with Gasteiger partial charge in [-0.3, -0.25) is 0 Å². The fourth-order valence-corrected chi connectivity index (χ4v) is 2.46. The van der Waals surface area contributed by atoms with E-state index in [-0.39, 0.29) is 19.3 Å². The predicted molar refractivity (Wildman–Crippen MR) is 74.6 cm³/mol.